The van der Waals surface area contributed by atoms with Crippen LogP contribution in [0, 0.1) is 3.57 Å². The number of nitrogens with zero attached hydrogens (tertiary/aromatic N) is 4. The third kappa shape index (κ3) is 3.44. The van der Waals surface area contributed by atoms with Crippen molar-refractivity contribution in [2.75, 3.05) is 20.1 Å². The predicted molar refractivity (Wildman–Crippen MR) is 99.1 cm³/mol. The number of phenols is 1. The van der Waals surface area contributed by atoms with E-state index in [0.29, 0.717) is 11.4 Å². The fourth-order valence-electron chi connectivity index (χ4n) is 3.08. The van der Waals surface area contributed by atoms with E-state index in [4.69, 9.17) is 5.53 Å². The van der Waals surface area contributed by atoms with Crippen LogP contribution >= 0.6 is 22.6 Å². The number of benzene rings is 2. The number of aromatic hydroxyl groups is 1. The van der Waals surface area contributed by atoms with E-state index in [-0.39, 0.29) is 5.92 Å². The minimum Gasteiger partial charge on any atom is -0.507 e. The van der Waals surface area contributed by atoms with Gasteiger partial charge >= 0.3 is 0 Å². The molecule has 1 aliphatic heterocycles. The first-order valence-corrected chi connectivity index (χ1v) is 8.51. The molecule has 2 aromatic carbocycles. The zero-order valence-electron chi connectivity index (χ0n) is 12.8. The van der Waals surface area contributed by atoms with Crippen molar-refractivity contribution in [3.63, 3.8) is 0 Å². The van der Waals surface area contributed by atoms with Crippen molar-refractivity contribution in [2.45, 2.75) is 12.3 Å². The molecule has 0 amide bonds. The Kier molecular flexibility index (Phi) is 4.75. The summed E-state index contributed by atoms with van der Waals surface area (Å²) in [4.78, 5) is 5.13. The van der Waals surface area contributed by atoms with E-state index < -0.39 is 0 Å². The summed E-state index contributed by atoms with van der Waals surface area (Å²) >= 11 is 2.17. The summed E-state index contributed by atoms with van der Waals surface area (Å²) in [7, 11) is 2.12. The van der Waals surface area contributed by atoms with Gasteiger partial charge in [0.15, 0.2) is 0 Å². The molecule has 0 saturated heterocycles. The minimum atomic E-state index is 0.195. The Hall–Kier alpha value is -1.76. The van der Waals surface area contributed by atoms with Crippen molar-refractivity contribution in [2.24, 2.45) is 5.11 Å². The lowest BCUT2D eigenvalue weighted by Gasteiger charge is -2.22. The lowest BCUT2D eigenvalue weighted by molar-refractivity contribution is 0.338. The lowest BCUT2D eigenvalue weighted by Crippen LogP contribution is -2.24. The van der Waals surface area contributed by atoms with Crippen LogP contribution in [0.2, 0.25) is 0 Å². The van der Waals surface area contributed by atoms with Crippen LogP contribution in [0.5, 0.6) is 5.75 Å². The van der Waals surface area contributed by atoms with Crippen molar-refractivity contribution in [1.29, 1.82) is 0 Å². The van der Waals surface area contributed by atoms with Gasteiger partial charge in [0.1, 0.15) is 5.75 Å². The topological polar surface area (TPSA) is 72.2 Å². The van der Waals surface area contributed by atoms with E-state index in [2.05, 4.69) is 50.6 Å². The zero-order chi connectivity index (χ0) is 16.4. The highest BCUT2D eigenvalue weighted by molar-refractivity contribution is 14.1. The Labute approximate surface area is 148 Å². The van der Waals surface area contributed by atoms with E-state index in [1.807, 2.05) is 30.3 Å². The van der Waals surface area contributed by atoms with Crippen LogP contribution in [0.15, 0.2) is 41.5 Å². The Morgan fingerprint density at radius 1 is 1.30 bits per heavy atom. The SMILES string of the molecule is CN1CCc2cc(I)c(O)cc2[C@H](c2ccc(N=[N+]=[N-])cc2)C1. The number of phenolic OH excluding ortho intramolecular Hbond substituents is 1. The van der Waals surface area contributed by atoms with Crippen molar-refractivity contribution >= 4 is 28.3 Å². The Morgan fingerprint density at radius 2 is 2.04 bits per heavy atom. The van der Waals surface area contributed by atoms with Gasteiger partial charge < -0.3 is 10.0 Å². The average Bonchev–Trinajstić information content (AvgIpc) is 2.69. The maximum absolute atomic E-state index is 10.1. The molecular weight excluding hydrogens is 403 g/mol. The second-order valence-corrected chi connectivity index (χ2v) is 7.01. The Bertz CT molecular complexity index is 769. The van der Waals surface area contributed by atoms with Gasteiger partial charge in [-0.3, -0.25) is 0 Å². The molecule has 2 aromatic rings. The first-order valence-electron chi connectivity index (χ1n) is 7.43. The highest BCUT2D eigenvalue weighted by Gasteiger charge is 2.24. The molecule has 0 unspecified atom stereocenters. The predicted octanol–water partition coefficient (Wildman–Crippen LogP) is 4.56. The maximum atomic E-state index is 10.1. The van der Waals surface area contributed by atoms with E-state index in [9.17, 15) is 5.11 Å². The molecular formula is C17H17IN4O. The normalized spacial score (nSPS) is 17.9. The molecule has 1 atom stereocenters. The number of azide groups is 1. The van der Waals surface area contributed by atoms with Crippen LogP contribution in [-0.4, -0.2) is 30.1 Å². The van der Waals surface area contributed by atoms with Crippen molar-refractivity contribution in [1.82, 2.24) is 4.90 Å². The third-order valence-corrected chi connectivity index (χ3v) is 5.16. The number of hydrogen-bond donors (Lipinski definition) is 1. The fourth-order valence-corrected chi connectivity index (χ4v) is 3.61. The van der Waals surface area contributed by atoms with Crippen LogP contribution < -0.4 is 0 Å². The molecule has 0 aliphatic carbocycles. The molecule has 1 heterocycles. The molecule has 0 aromatic heterocycles. The molecule has 0 bridgehead atoms. The molecule has 23 heavy (non-hydrogen) atoms. The van der Waals surface area contributed by atoms with E-state index >= 15 is 0 Å². The smallest absolute Gasteiger partial charge is 0.129 e. The summed E-state index contributed by atoms with van der Waals surface area (Å²) in [5, 5.41) is 13.8. The lowest BCUT2D eigenvalue weighted by atomic mass is 9.88. The second kappa shape index (κ2) is 6.78. The van der Waals surface area contributed by atoms with Gasteiger partial charge in [-0.1, -0.05) is 29.4 Å². The molecule has 118 valence electrons. The Balaban J connectivity index is 2.06. The van der Waals surface area contributed by atoms with E-state index in [0.717, 1.165) is 28.6 Å². The summed E-state index contributed by atoms with van der Waals surface area (Å²) in [6, 6.07) is 11.7. The summed E-state index contributed by atoms with van der Waals surface area (Å²) in [6.45, 7) is 1.90. The van der Waals surface area contributed by atoms with Gasteiger partial charge in [0, 0.05) is 29.6 Å². The van der Waals surface area contributed by atoms with Gasteiger partial charge in [0.05, 0.1) is 3.57 Å². The van der Waals surface area contributed by atoms with Crippen molar-refractivity contribution in [3.05, 3.63) is 67.1 Å². The van der Waals surface area contributed by atoms with Crippen molar-refractivity contribution < 1.29 is 5.11 Å². The molecule has 5 nitrogen and oxygen atoms in total. The summed E-state index contributed by atoms with van der Waals surface area (Å²) in [6.07, 6.45) is 0.982. The van der Waals surface area contributed by atoms with E-state index in [1.54, 1.807) is 0 Å². The standard InChI is InChI=1S/C17H17IN4O/c1-22-7-6-12-8-16(18)17(23)9-14(12)15(10-22)11-2-4-13(5-3-11)20-21-19/h2-5,8-9,15,23H,6-7,10H2,1H3/t15-/m0/s1. The highest BCUT2D eigenvalue weighted by Crippen LogP contribution is 2.36. The summed E-state index contributed by atoms with van der Waals surface area (Å²) in [5.41, 5.74) is 12.8. The number of hydrogen-bond acceptors (Lipinski definition) is 3. The molecule has 1 N–H and O–H groups in total. The molecule has 0 fully saturated rings. The van der Waals surface area contributed by atoms with Gasteiger partial charge in [-0.2, -0.15) is 0 Å². The van der Waals surface area contributed by atoms with Gasteiger partial charge in [-0.25, -0.2) is 0 Å². The first-order chi connectivity index (χ1) is 11.1. The molecule has 6 heteroatoms. The number of halogens is 1. The van der Waals surface area contributed by atoms with Crippen LogP contribution in [-0.2, 0) is 6.42 Å². The largest absolute Gasteiger partial charge is 0.507 e. The summed E-state index contributed by atoms with van der Waals surface area (Å²) in [5.74, 6) is 0.533. The third-order valence-electron chi connectivity index (χ3n) is 4.30. The monoisotopic (exact) mass is 420 g/mol. The molecule has 0 saturated carbocycles. The molecule has 3 rings (SSSR count). The number of likely N-dealkylation sites (N-methyl/N-ethyl adjacent to an activating group) is 1. The number of fused-ring (bicyclic) bond motifs is 1. The maximum Gasteiger partial charge on any atom is 0.129 e. The van der Waals surface area contributed by atoms with Crippen LogP contribution in [0.1, 0.15) is 22.6 Å². The van der Waals surface area contributed by atoms with Crippen LogP contribution in [0.3, 0.4) is 0 Å². The quantitative estimate of drug-likeness (QED) is 0.335. The molecule has 0 radical (unpaired) electrons. The van der Waals surface area contributed by atoms with Gasteiger partial charge in [0.25, 0.3) is 0 Å². The fraction of sp³-hybridized carbons (Fsp3) is 0.294. The molecule has 0 spiro atoms. The van der Waals surface area contributed by atoms with Crippen LogP contribution in [0.4, 0.5) is 5.69 Å². The second-order valence-electron chi connectivity index (χ2n) is 5.85. The van der Waals surface area contributed by atoms with Gasteiger partial charge in [0.2, 0.25) is 0 Å². The average molecular weight is 420 g/mol. The minimum absolute atomic E-state index is 0.195. The Morgan fingerprint density at radius 3 is 2.74 bits per heavy atom. The number of rotatable bonds is 2. The zero-order valence-corrected chi connectivity index (χ0v) is 14.9. The highest BCUT2D eigenvalue weighted by atomic mass is 127. The molecule has 1 aliphatic rings. The van der Waals surface area contributed by atoms with Crippen molar-refractivity contribution in [3.8, 4) is 5.75 Å². The van der Waals surface area contributed by atoms with Crippen LogP contribution in [0.25, 0.3) is 10.4 Å². The summed E-state index contributed by atoms with van der Waals surface area (Å²) < 4.78 is 0.892. The first kappa shape index (κ1) is 16.1. The van der Waals surface area contributed by atoms with E-state index in [1.165, 1.54) is 11.1 Å². The van der Waals surface area contributed by atoms with Gasteiger partial charge in [-0.05, 0) is 70.4 Å². The van der Waals surface area contributed by atoms with Gasteiger partial charge in [-0.15, -0.1) is 0 Å².